The molecule has 0 amide bonds. The number of imidazole rings is 1. The van der Waals surface area contributed by atoms with Crippen LogP contribution in [0.25, 0.3) is 27.9 Å². The van der Waals surface area contributed by atoms with Crippen molar-refractivity contribution in [1.82, 2.24) is 29.1 Å². The van der Waals surface area contributed by atoms with Crippen molar-refractivity contribution in [2.24, 2.45) is 0 Å². The highest BCUT2D eigenvalue weighted by Crippen LogP contribution is 2.28. The van der Waals surface area contributed by atoms with Gasteiger partial charge >= 0.3 is 0 Å². The summed E-state index contributed by atoms with van der Waals surface area (Å²) < 4.78 is 19.9. The van der Waals surface area contributed by atoms with Gasteiger partial charge in [0.2, 0.25) is 5.95 Å². The van der Waals surface area contributed by atoms with Crippen molar-refractivity contribution in [2.45, 2.75) is 38.5 Å². The van der Waals surface area contributed by atoms with Gasteiger partial charge in [-0.3, -0.25) is 0 Å². The molecule has 4 aromatic rings. The number of anilines is 1. The predicted octanol–water partition coefficient (Wildman–Crippen LogP) is 2.70. The van der Waals surface area contributed by atoms with Crippen molar-refractivity contribution in [3.8, 4) is 11.3 Å². The van der Waals surface area contributed by atoms with Crippen LogP contribution in [0.3, 0.4) is 0 Å². The molecule has 0 bridgehead atoms. The molecule has 1 aliphatic rings. The van der Waals surface area contributed by atoms with E-state index in [1.807, 2.05) is 42.0 Å². The normalized spacial score (nSPS) is 18.2. The van der Waals surface area contributed by atoms with Crippen LogP contribution in [-0.4, -0.2) is 75.3 Å². The van der Waals surface area contributed by atoms with Crippen molar-refractivity contribution < 1.29 is 14.2 Å². The van der Waals surface area contributed by atoms with E-state index in [1.54, 1.807) is 14.2 Å². The lowest BCUT2D eigenvalue weighted by atomic mass is 9.89. The summed E-state index contributed by atoms with van der Waals surface area (Å²) in [4.78, 5) is 14.1. The van der Waals surface area contributed by atoms with Crippen LogP contribution in [0.1, 0.15) is 18.7 Å². The van der Waals surface area contributed by atoms with E-state index in [0.717, 1.165) is 46.6 Å². The molecule has 5 rings (SSSR count). The van der Waals surface area contributed by atoms with E-state index in [4.69, 9.17) is 19.2 Å². The molecule has 174 valence electrons. The minimum Gasteiger partial charge on any atom is -0.383 e. The average molecular weight is 452 g/mol. The molecule has 33 heavy (non-hydrogen) atoms. The summed E-state index contributed by atoms with van der Waals surface area (Å²) in [7, 11) is 3.38. The molecular formula is C23H29N7O3. The fourth-order valence-electron chi connectivity index (χ4n) is 4.20. The van der Waals surface area contributed by atoms with Gasteiger partial charge in [-0.1, -0.05) is 0 Å². The van der Waals surface area contributed by atoms with Crippen molar-refractivity contribution in [3.05, 3.63) is 36.4 Å². The lowest BCUT2D eigenvalue weighted by molar-refractivity contribution is -0.0261. The third-order valence-corrected chi connectivity index (χ3v) is 6.06. The number of nitrogens with one attached hydrogen (secondary N) is 1. The van der Waals surface area contributed by atoms with Crippen LogP contribution in [0, 0.1) is 6.92 Å². The number of rotatable bonds is 10. The Bertz CT molecular complexity index is 1250. The fourth-order valence-corrected chi connectivity index (χ4v) is 4.20. The second kappa shape index (κ2) is 9.42. The summed E-state index contributed by atoms with van der Waals surface area (Å²) in [5.41, 5.74) is 4.48. The van der Waals surface area contributed by atoms with E-state index in [9.17, 15) is 0 Å². The first-order valence-electron chi connectivity index (χ1n) is 11.2. The Kier molecular flexibility index (Phi) is 6.21. The second-order valence-corrected chi connectivity index (χ2v) is 8.28. The number of hydrogen-bond acceptors (Lipinski definition) is 8. The highest BCUT2D eigenvalue weighted by atomic mass is 16.5. The molecule has 10 nitrogen and oxygen atoms in total. The molecule has 4 heterocycles. The average Bonchev–Trinajstić information content (AvgIpc) is 3.35. The van der Waals surface area contributed by atoms with Crippen LogP contribution in [-0.2, 0) is 20.8 Å². The number of nitrogens with zero attached hydrogens (tertiary/aromatic N) is 6. The number of methoxy groups -OCH3 is 2. The summed E-state index contributed by atoms with van der Waals surface area (Å²) in [6, 6.07) is 6.35. The highest BCUT2D eigenvalue weighted by molar-refractivity contribution is 5.82. The molecule has 1 aliphatic carbocycles. The van der Waals surface area contributed by atoms with Gasteiger partial charge in [-0.15, -0.1) is 5.10 Å². The van der Waals surface area contributed by atoms with Gasteiger partial charge in [-0.2, -0.15) is 0 Å². The molecule has 0 radical (unpaired) electrons. The van der Waals surface area contributed by atoms with Gasteiger partial charge in [0.25, 0.3) is 0 Å². The first-order chi connectivity index (χ1) is 16.2. The Labute approximate surface area is 191 Å². The lowest BCUT2D eigenvalue weighted by Gasteiger charge is -2.35. The number of pyridine rings is 1. The molecule has 1 N–H and O–H groups in total. The summed E-state index contributed by atoms with van der Waals surface area (Å²) >= 11 is 0. The fraction of sp³-hybridized carbons (Fsp3) is 0.478. The maximum Gasteiger partial charge on any atom is 0.241 e. The summed E-state index contributed by atoms with van der Waals surface area (Å²) in [5.74, 6) is 1.54. The number of ether oxygens (including phenoxy) is 3. The summed E-state index contributed by atoms with van der Waals surface area (Å²) in [6.07, 6.45) is 5.95. The highest BCUT2D eigenvalue weighted by Gasteiger charge is 2.30. The molecule has 0 saturated heterocycles. The molecule has 4 aromatic heterocycles. The standard InChI is InChI=1S/C23H29N7O3/c1-15-25-20-5-4-19(27-22(20)29(15)8-9-31-2)18-6-7-30-21(18)14-24-23(28-30)26-16-12-17(13-16)33-11-10-32-3/h4-7,14,16-17H,8-13H2,1-3H3,(H,26,28). The van der Waals surface area contributed by atoms with E-state index in [0.29, 0.717) is 38.4 Å². The summed E-state index contributed by atoms with van der Waals surface area (Å²) in [5, 5.41) is 8.04. The van der Waals surface area contributed by atoms with Crippen LogP contribution in [0.2, 0.25) is 0 Å². The molecule has 1 saturated carbocycles. The Morgan fingerprint density at radius 2 is 1.91 bits per heavy atom. The molecule has 0 atom stereocenters. The zero-order valence-corrected chi connectivity index (χ0v) is 19.2. The Balaban J connectivity index is 1.32. The molecular weight excluding hydrogens is 422 g/mol. The van der Waals surface area contributed by atoms with Crippen molar-refractivity contribution in [1.29, 1.82) is 0 Å². The third-order valence-electron chi connectivity index (χ3n) is 6.06. The van der Waals surface area contributed by atoms with Gasteiger partial charge < -0.3 is 24.1 Å². The largest absolute Gasteiger partial charge is 0.383 e. The smallest absolute Gasteiger partial charge is 0.241 e. The van der Waals surface area contributed by atoms with Crippen LogP contribution < -0.4 is 5.32 Å². The van der Waals surface area contributed by atoms with Gasteiger partial charge in [-0.25, -0.2) is 19.5 Å². The van der Waals surface area contributed by atoms with Crippen LogP contribution in [0.5, 0.6) is 0 Å². The number of aromatic nitrogens is 6. The lowest BCUT2D eigenvalue weighted by Crippen LogP contribution is -2.41. The van der Waals surface area contributed by atoms with Crippen LogP contribution in [0.15, 0.2) is 30.6 Å². The Morgan fingerprint density at radius 3 is 2.73 bits per heavy atom. The SMILES string of the molecule is COCCOC1CC(Nc2ncc3c(-c4ccc5nc(C)n(CCOC)c5n4)ccn3n2)C1. The van der Waals surface area contributed by atoms with Gasteiger partial charge in [0, 0.05) is 38.6 Å². The quantitative estimate of drug-likeness (QED) is 0.367. The molecule has 0 aliphatic heterocycles. The first-order valence-corrected chi connectivity index (χ1v) is 11.2. The van der Waals surface area contributed by atoms with E-state index in [2.05, 4.69) is 25.0 Å². The minimum atomic E-state index is 0.279. The second-order valence-electron chi connectivity index (χ2n) is 8.28. The van der Waals surface area contributed by atoms with Crippen LogP contribution in [0.4, 0.5) is 5.95 Å². The topological polar surface area (TPSA) is 101 Å². The molecule has 0 spiro atoms. The molecule has 10 heteroatoms. The van der Waals surface area contributed by atoms with Gasteiger partial charge in [0.05, 0.1) is 43.3 Å². The van der Waals surface area contributed by atoms with E-state index >= 15 is 0 Å². The van der Waals surface area contributed by atoms with Gasteiger partial charge in [0.15, 0.2) is 5.65 Å². The number of fused-ring (bicyclic) bond motifs is 2. The Morgan fingerprint density at radius 1 is 1.06 bits per heavy atom. The zero-order valence-electron chi connectivity index (χ0n) is 19.2. The maximum absolute atomic E-state index is 5.74. The van der Waals surface area contributed by atoms with Crippen molar-refractivity contribution in [3.63, 3.8) is 0 Å². The number of aryl methyl sites for hydroxylation is 1. The molecule has 1 fully saturated rings. The molecule has 0 aromatic carbocycles. The first kappa shape index (κ1) is 21.7. The van der Waals surface area contributed by atoms with Gasteiger partial charge in [0.1, 0.15) is 11.3 Å². The van der Waals surface area contributed by atoms with E-state index in [1.165, 1.54) is 0 Å². The molecule has 0 unspecified atom stereocenters. The van der Waals surface area contributed by atoms with Crippen LogP contribution >= 0.6 is 0 Å². The monoisotopic (exact) mass is 451 g/mol. The number of hydrogen-bond donors (Lipinski definition) is 1. The van der Waals surface area contributed by atoms with Gasteiger partial charge in [-0.05, 0) is 38.0 Å². The van der Waals surface area contributed by atoms with Crippen molar-refractivity contribution >= 4 is 22.6 Å². The Hall–Kier alpha value is -3.08. The minimum absolute atomic E-state index is 0.279. The van der Waals surface area contributed by atoms with Crippen molar-refractivity contribution in [2.75, 3.05) is 39.4 Å². The van der Waals surface area contributed by atoms with E-state index in [-0.39, 0.29) is 6.10 Å². The zero-order chi connectivity index (χ0) is 22.8. The summed E-state index contributed by atoms with van der Waals surface area (Å²) in [6.45, 7) is 4.57. The van der Waals surface area contributed by atoms with E-state index < -0.39 is 0 Å². The maximum atomic E-state index is 5.74. The predicted molar refractivity (Wildman–Crippen MR) is 124 cm³/mol. The third kappa shape index (κ3) is 4.41.